The van der Waals surface area contributed by atoms with Gasteiger partial charge in [-0.25, -0.2) is 9.97 Å². The lowest BCUT2D eigenvalue weighted by Crippen LogP contribution is -1.96. The van der Waals surface area contributed by atoms with Gasteiger partial charge >= 0.3 is 0 Å². The molecule has 2 rings (SSSR count). The highest BCUT2D eigenvalue weighted by Crippen LogP contribution is 2.19. The fourth-order valence-electron chi connectivity index (χ4n) is 1.38. The van der Waals surface area contributed by atoms with Gasteiger partial charge < -0.3 is 0 Å². The molecule has 0 aliphatic rings. The zero-order valence-corrected chi connectivity index (χ0v) is 9.78. The zero-order chi connectivity index (χ0) is 13.5. The smallest absolute Gasteiger partial charge is 0.237 e. The van der Waals surface area contributed by atoms with E-state index in [9.17, 15) is 0 Å². The minimum Gasteiger partial charge on any atom is -0.277 e. The van der Waals surface area contributed by atoms with Crippen LogP contribution in [0.15, 0.2) is 48.1 Å². The van der Waals surface area contributed by atoms with Gasteiger partial charge in [0.05, 0.1) is 5.69 Å². The number of anilines is 1. The Morgan fingerprint density at radius 1 is 1.00 bits per heavy atom. The molecule has 1 heterocycles. The summed E-state index contributed by atoms with van der Waals surface area (Å²) in [6, 6.07) is 10.7. The molecule has 0 unspecified atom stereocenters. The van der Waals surface area contributed by atoms with E-state index in [0.29, 0.717) is 5.69 Å². The maximum atomic E-state index is 8.54. The van der Waals surface area contributed by atoms with Crippen molar-refractivity contribution in [2.45, 2.75) is 0 Å². The molecule has 0 aliphatic carbocycles. The van der Waals surface area contributed by atoms with Gasteiger partial charge in [-0.05, 0) is 17.7 Å². The zero-order valence-electron chi connectivity index (χ0n) is 9.78. The predicted octanol–water partition coefficient (Wildman–Crippen LogP) is 1.96. The van der Waals surface area contributed by atoms with E-state index in [-0.39, 0.29) is 5.71 Å². The van der Waals surface area contributed by atoms with E-state index in [1.54, 1.807) is 36.7 Å². The number of hydrazone groups is 1. The Balaban J connectivity index is 2.15. The van der Waals surface area contributed by atoms with Crippen molar-refractivity contribution in [2.24, 2.45) is 5.10 Å². The van der Waals surface area contributed by atoms with Gasteiger partial charge in [0.15, 0.2) is 0 Å². The van der Waals surface area contributed by atoms with Crippen LogP contribution >= 0.6 is 0 Å². The van der Waals surface area contributed by atoms with Gasteiger partial charge in [0.1, 0.15) is 18.5 Å². The largest absolute Gasteiger partial charge is 0.277 e. The van der Waals surface area contributed by atoms with Gasteiger partial charge in [-0.15, -0.1) is 0 Å². The maximum Gasteiger partial charge on any atom is 0.237 e. The Bertz CT molecular complexity index is 645. The molecule has 6 heteroatoms. The van der Waals surface area contributed by atoms with Crippen molar-refractivity contribution < 1.29 is 0 Å². The van der Waals surface area contributed by atoms with Crippen molar-refractivity contribution in [3.8, 4) is 23.3 Å². The molecular formula is C13H8N6. The van der Waals surface area contributed by atoms with Crippen LogP contribution < -0.4 is 5.43 Å². The van der Waals surface area contributed by atoms with Crippen LogP contribution in [0.5, 0.6) is 0 Å². The molecule has 1 N–H and O–H groups in total. The van der Waals surface area contributed by atoms with E-state index >= 15 is 0 Å². The Labute approximate surface area is 109 Å². The number of aromatic nitrogens is 2. The lowest BCUT2D eigenvalue weighted by Gasteiger charge is -2.02. The lowest BCUT2D eigenvalue weighted by atomic mass is 10.1. The topological polar surface area (TPSA) is 97.8 Å². The molecule has 0 atom stereocenters. The summed E-state index contributed by atoms with van der Waals surface area (Å²) in [7, 11) is 0. The first-order valence-corrected chi connectivity index (χ1v) is 5.33. The van der Waals surface area contributed by atoms with Crippen LogP contribution in [0.2, 0.25) is 0 Å². The third-order valence-electron chi connectivity index (χ3n) is 2.29. The van der Waals surface area contributed by atoms with Gasteiger partial charge in [-0.2, -0.15) is 15.6 Å². The van der Waals surface area contributed by atoms with Gasteiger partial charge in [0, 0.05) is 18.0 Å². The van der Waals surface area contributed by atoms with Crippen LogP contribution in [0.1, 0.15) is 0 Å². The minimum atomic E-state index is -0.222. The highest BCUT2D eigenvalue weighted by molar-refractivity contribution is 6.10. The molecule has 0 fully saturated rings. The number of rotatable bonds is 3. The first-order chi connectivity index (χ1) is 9.33. The van der Waals surface area contributed by atoms with Crippen molar-refractivity contribution in [1.82, 2.24) is 9.97 Å². The van der Waals surface area contributed by atoms with Gasteiger partial charge in [0.25, 0.3) is 0 Å². The van der Waals surface area contributed by atoms with Crippen LogP contribution in [-0.2, 0) is 0 Å². The molecule has 6 nitrogen and oxygen atoms in total. The Morgan fingerprint density at radius 3 is 2.21 bits per heavy atom. The number of hydrogen-bond donors (Lipinski definition) is 1. The minimum absolute atomic E-state index is 0.222. The Kier molecular flexibility index (Phi) is 3.79. The molecule has 0 bridgehead atoms. The second-order valence-electron chi connectivity index (χ2n) is 3.50. The van der Waals surface area contributed by atoms with E-state index in [1.807, 2.05) is 12.1 Å². The van der Waals surface area contributed by atoms with E-state index in [0.717, 1.165) is 11.1 Å². The van der Waals surface area contributed by atoms with Crippen molar-refractivity contribution in [3.63, 3.8) is 0 Å². The highest BCUT2D eigenvalue weighted by atomic mass is 15.3. The number of nitrogens with one attached hydrogen (secondary N) is 1. The number of hydrogen-bond acceptors (Lipinski definition) is 6. The highest BCUT2D eigenvalue weighted by Gasteiger charge is 1.98. The second kappa shape index (κ2) is 5.89. The molecule has 0 radical (unpaired) electrons. The van der Waals surface area contributed by atoms with E-state index < -0.39 is 0 Å². The molecule has 90 valence electrons. The first-order valence-electron chi connectivity index (χ1n) is 5.33. The summed E-state index contributed by atoms with van der Waals surface area (Å²) in [5.41, 5.74) is 4.98. The molecule has 19 heavy (non-hydrogen) atoms. The molecule has 0 saturated heterocycles. The van der Waals surface area contributed by atoms with Gasteiger partial charge in [0.2, 0.25) is 5.71 Å². The van der Waals surface area contributed by atoms with Gasteiger partial charge in [-0.3, -0.25) is 5.43 Å². The fraction of sp³-hybridized carbons (Fsp3) is 0. The number of nitriles is 2. The van der Waals surface area contributed by atoms with Crippen molar-refractivity contribution in [1.29, 1.82) is 10.5 Å². The molecule has 1 aromatic heterocycles. The van der Waals surface area contributed by atoms with Gasteiger partial charge in [-0.1, -0.05) is 12.1 Å². The summed E-state index contributed by atoms with van der Waals surface area (Å²) < 4.78 is 0. The summed E-state index contributed by atoms with van der Waals surface area (Å²) in [5.74, 6) is 0. The van der Waals surface area contributed by atoms with Crippen LogP contribution in [0.3, 0.4) is 0 Å². The van der Waals surface area contributed by atoms with Crippen molar-refractivity contribution in [3.05, 3.63) is 43.0 Å². The van der Waals surface area contributed by atoms with E-state index in [4.69, 9.17) is 10.5 Å². The van der Waals surface area contributed by atoms with Crippen molar-refractivity contribution in [2.75, 3.05) is 5.43 Å². The summed E-state index contributed by atoms with van der Waals surface area (Å²) in [6.45, 7) is 0. The molecule has 0 amide bonds. The SMILES string of the molecule is N#CC(C#N)=NNc1ccc(-c2cncnc2)cc1. The van der Waals surface area contributed by atoms with Crippen molar-refractivity contribution >= 4 is 11.4 Å². The van der Waals surface area contributed by atoms with E-state index in [1.165, 1.54) is 6.33 Å². The molecule has 1 aromatic carbocycles. The summed E-state index contributed by atoms with van der Waals surface area (Å²) >= 11 is 0. The molecule has 2 aromatic rings. The van der Waals surface area contributed by atoms with Crippen LogP contribution in [0.4, 0.5) is 5.69 Å². The number of nitrogens with zero attached hydrogens (tertiary/aromatic N) is 5. The standard InChI is InChI=1S/C13H8N6/c14-5-13(6-15)19-18-12-3-1-10(2-4-12)11-7-16-9-17-8-11/h1-4,7-9,18H. The third-order valence-corrected chi connectivity index (χ3v) is 2.29. The maximum absolute atomic E-state index is 8.54. The normalized spacial score (nSPS) is 8.95. The third kappa shape index (κ3) is 3.11. The summed E-state index contributed by atoms with van der Waals surface area (Å²) in [6.07, 6.45) is 4.91. The summed E-state index contributed by atoms with van der Waals surface area (Å²) in [4.78, 5) is 7.89. The Hall–Kier alpha value is -3.25. The molecule has 0 saturated carbocycles. The second-order valence-corrected chi connectivity index (χ2v) is 3.50. The number of benzene rings is 1. The average molecular weight is 248 g/mol. The molecule has 0 aliphatic heterocycles. The molecule has 0 spiro atoms. The summed E-state index contributed by atoms with van der Waals surface area (Å²) in [5, 5.41) is 20.7. The lowest BCUT2D eigenvalue weighted by molar-refractivity contribution is 1.17. The quantitative estimate of drug-likeness (QED) is 0.661. The van der Waals surface area contributed by atoms with E-state index in [2.05, 4.69) is 20.5 Å². The Morgan fingerprint density at radius 2 is 1.63 bits per heavy atom. The monoisotopic (exact) mass is 248 g/mol. The predicted molar refractivity (Wildman–Crippen MR) is 69.8 cm³/mol. The van der Waals surface area contributed by atoms with Crippen LogP contribution in [0, 0.1) is 22.7 Å². The first kappa shape index (κ1) is 12.2. The van der Waals surface area contributed by atoms with Crippen LogP contribution in [-0.4, -0.2) is 15.7 Å². The average Bonchev–Trinajstić information content (AvgIpc) is 2.50. The van der Waals surface area contributed by atoms with Crippen LogP contribution in [0.25, 0.3) is 11.1 Å². The fourth-order valence-corrected chi connectivity index (χ4v) is 1.38. The molecular weight excluding hydrogens is 240 g/mol.